The van der Waals surface area contributed by atoms with Crippen molar-refractivity contribution in [3.8, 4) is 0 Å². The molecular formula is C16H27NO2. The lowest BCUT2D eigenvalue weighted by Gasteiger charge is -2.46. The molecule has 3 aliphatic rings. The van der Waals surface area contributed by atoms with E-state index in [9.17, 15) is 9.90 Å². The van der Waals surface area contributed by atoms with Crippen LogP contribution in [0.25, 0.3) is 0 Å². The van der Waals surface area contributed by atoms with E-state index < -0.39 is 5.97 Å². The Morgan fingerprint density at radius 2 is 1.63 bits per heavy atom. The molecule has 2 atom stereocenters. The number of hydrogen-bond acceptors (Lipinski definition) is 2. The Morgan fingerprint density at radius 1 is 0.947 bits per heavy atom. The number of hydrogen-bond donors (Lipinski definition) is 1. The van der Waals surface area contributed by atoms with E-state index in [2.05, 4.69) is 4.90 Å². The molecule has 1 heterocycles. The van der Waals surface area contributed by atoms with Crippen LogP contribution in [0.3, 0.4) is 0 Å². The molecule has 2 saturated carbocycles. The van der Waals surface area contributed by atoms with Crippen molar-refractivity contribution < 1.29 is 9.90 Å². The maximum atomic E-state index is 11.3. The summed E-state index contributed by atoms with van der Waals surface area (Å²) in [4.78, 5) is 13.8. The number of carbonyl (C=O) groups is 1. The van der Waals surface area contributed by atoms with Crippen LogP contribution in [0.5, 0.6) is 0 Å². The van der Waals surface area contributed by atoms with E-state index in [1.54, 1.807) is 0 Å². The topological polar surface area (TPSA) is 40.5 Å². The van der Waals surface area contributed by atoms with Gasteiger partial charge in [-0.2, -0.15) is 0 Å². The fraction of sp³-hybridized carbons (Fsp3) is 0.938. The summed E-state index contributed by atoms with van der Waals surface area (Å²) in [6.45, 7) is 2.29. The van der Waals surface area contributed by atoms with Crippen molar-refractivity contribution >= 4 is 5.97 Å². The van der Waals surface area contributed by atoms with E-state index in [4.69, 9.17) is 0 Å². The highest BCUT2D eigenvalue weighted by Crippen LogP contribution is 2.45. The number of carboxylic acids is 1. The Morgan fingerprint density at radius 3 is 2.26 bits per heavy atom. The molecule has 3 nitrogen and oxygen atoms in total. The quantitative estimate of drug-likeness (QED) is 0.833. The molecule has 2 aliphatic carbocycles. The van der Waals surface area contributed by atoms with E-state index in [1.807, 2.05) is 0 Å². The summed E-state index contributed by atoms with van der Waals surface area (Å²) in [5.41, 5.74) is 0.631. The summed E-state index contributed by atoms with van der Waals surface area (Å²) in [5, 5.41) is 9.33. The summed E-state index contributed by atoms with van der Waals surface area (Å²) >= 11 is 0. The number of piperidine rings is 1. The van der Waals surface area contributed by atoms with E-state index in [0.29, 0.717) is 11.5 Å². The lowest BCUT2D eigenvalue weighted by atomic mass is 9.68. The number of carboxylic acid groups (broad SMARTS) is 1. The van der Waals surface area contributed by atoms with Gasteiger partial charge in [0.2, 0.25) is 0 Å². The number of nitrogens with zero attached hydrogens (tertiary/aromatic N) is 1. The zero-order valence-electron chi connectivity index (χ0n) is 11.9. The normalized spacial score (nSPS) is 35.6. The average Bonchev–Trinajstić information content (AvgIpc) is 2.90. The molecule has 1 spiro atoms. The molecule has 3 heteroatoms. The van der Waals surface area contributed by atoms with Gasteiger partial charge in [-0.25, -0.2) is 0 Å². The number of aliphatic carboxylic acids is 1. The van der Waals surface area contributed by atoms with Gasteiger partial charge in [-0.15, -0.1) is 0 Å². The summed E-state index contributed by atoms with van der Waals surface area (Å²) < 4.78 is 0. The van der Waals surface area contributed by atoms with E-state index >= 15 is 0 Å². The molecule has 0 aromatic carbocycles. The predicted molar refractivity (Wildman–Crippen MR) is 75.1 cm³/mol. The van der Waals surface area contributed by atoms with Crippen molar-refractivity contribution in [2.24, 2.45) is 11.3 Å². The highest BCUT2D eigenvalue weighted by atomic mass is 16.4. The SMILES string of the molecule is O=C(O)C1CCCC1N1CCC2(CCCCC2)CC1. The predicted octanol–water partition coefficient (Wildman–Crippen LogP) is 3.29. The van der Waals surface area contributed by atoms with E-state index in [0.717, 1.165) is 32.4 Å². The zero-order chi connectivity index (χ0) is 13.3. The largest absolute Gasteiger partial charge is 0.481 e. The summed E-state index contributed by atoms with van der Waals surface area (Å²) in [6, 6.07) is 0.332. The van der Waals surface area contributed by atoms with Gasteiger partial charge in [0.1, 0.15) is 0 Å². The summed E-state index contributed by atoms with van der Waals surface area (Å²) in [6.07, 6.45) is 12.8. The minimum absolute atomic E-state index is 0.0968. The lowest BCUT2D eigenvalue weighted by Crippen LogP contribution is -2.48. The fourth-order valence-corrected chi connectivity index (χ4v) is 4.80. The fourth-order valence-electron chi connectivity index (χ4n) is 4.80. The third-order valence-electron chi connectivity index (χ3n) is 6.04. The molecule has 2 unspecified atom stereocenters. The molecule has 1 N–H and O–H groups in total. The van der Waals surface area contributed by atoms with Gasteiger partial charge >= 0.3 is 5.97 Å². The molecule has 1 aliphatic heterocycles. The van der Waals surface area contributed by atoms with Crippen molar-refractivity contribution in [2.45, 2.75) is 70.3 Å². The second kappa shape index (κ2) is 5.43. The van der Waals surface area contributed by atoms with Crippen LogP contribution in [-0.2, 0) is 4.79 Å². The van der Waals surface area contributed by atoms with Crippen LogP contribution in [0.2, 0.25) is 0 Å². The standard InChI is InChI=1S/C16H27NO2/c18-15(19)13-5-4-6-14(13)17-11-9-16(10-12-17)7-2-1-3-8-16/h13-14H,1-12H2,(H,18,19). The van der Waals surface area contributed by atoms with Crippen LogP contribution in [0.1, 0.15) is 64.2 Å². The first kappa shape index (κ1) is 13.4. The van der Waals surface area contributed by atoms with Crippen molar-refractivity contribution in [3.63, 3.8) is 0 Å². The van der Waals surface area contributed by atoms with Gasteiger partial charge in [0.05, 0.1) is 5.92 Å². The molecule has 0 aromatic heterocycles. The minimum Gasteiger partial charge on any atom is -0.481 e. The monoisotopic (exact) mass is 265 g/mol. The van der Waals surface area contributed by atoms with Gasteiger partial charge in [0.25, 0.3) is 0 Å². The van der Waals surface area contributed by atoms with Crippen molar-refractivity contribution in [3.05, 3.63) is 0 Å². The molecule has 3 fully saturated rings. The molecule has 1 saturated heterocycles. The molecule has 0 aromatic rings. The van der Waals surface area contributed by atoms with Gasteiger partial charge < -0.3 is 5.11 Å². The Kier molecular flexibility index (Phi) is 3.84. The van der Waals surface area contributed by atoms with Gasteiger partial charge in [-0.1, -0.05) is 25.7 Å². The first-order valence-corrected chi connectivity index (χ1v) is 8.17. The van der Waals surface area contributed by atoms with Crippen LogP contribution >= 0.6 is 0 Å². The molecule has 0 bridgehead atoms. The molecule has 3 rings (SSSR count). The van der Waals surface area contributed by atoms with Crippen molar-refractivity contribution in [1.82, 2.24) is 4.90 Å². The third kappa shape index (κ3) is 2.67. The van der Waals surface area contributed by atoms with Gasteiger partial charge in [-0.05, 0) is 57.0 Å². The molecular weight excluding hydrogens is 238 g/mol. The minimum atomic E-state index is -0.569. The van der Waals surface area contributed by atoms with E-state index in [-0.39, 0.29) is 5.92 Å². The molecule has 0 radical (unpaired) electrons. The van der Waals surface area contributed by atoms with Gasteiger partial charge in [-0.3, -0.25) is 9.69 Å². The van der Waals surface area contributed by atoms with E-state index in [1.165, 1.54) is 44.9 Å². The van der Waals surface area contributed by atoms with Crippen LogP contribution in [0.4, 0.5) is 0 Å². The van der Waals surface area contributed by atoms with Gasteiger partial charge in [0, 0.05) is 6.04 Å². The Balaban J connectivity index is 1.59. The maximum absolute atomic E-state index is 11.3. The average molecular weight is 265 g/mol. The van der Waals surface area contributed by atoms with Crippen LogP contribution in [0.15, 0.2) is 0 Å². The highest BCUT2D eigenvalue weighted by molar-refractivity contribution is 5.71. The second-order valence-electron chi connectivity index (χ2n) is 7.04. The number of rotatable bonds is 2. The molecule has 108 valence electrons. The van der Waals surface area contributed by atoms with Gasteiger partial charge in [0.15, 0.2) is 0 Å². The first-order valence-electron chi connectivity index (χ1n) is 8.17. The lowest BCUT2D eigenvalue weighted by molar-refractivity contribution is -0.143. The van der Waals surface area contributed by atoms with Crippen LogP contribution < -0.4 is 0 Å². The Labute approximate surface area is 116 Å². The second-order valence-corrected chi connectivity index (χ2v) is 7.04. The van der Waals surface area contributed by atoms with Crippen LogP contribution in [-0.4, -0.2) is 35.1 Å². The Bertz CT molecular complexity index is 326. The summed E-state index contributed by atoms with van der Waals surface area (Å²) in [7, 11) is 0. The van der Waals surface area contributed by atoms with Crippen LogP contribution in [0, 0.1) is 11.3 Å². The zero-order valence-corrected chi connectivity index (χ0v) is 11.9. The Hall–Kier alpha value is -0.570. The summed E-state index contributed by atoms with van der Waals surface area (Å²) in [5.74, 6) is -0.666. The molecule has 19 heavy (non-hydrogen) atoms. The smallest absolute Gasteiger partial charge is 0.308 e. The molecule has 0 amide bonds. The van der Waals surface area contributed by atoms with Crippen molar-refractivity contribution in [1.29, 1.82) is 0 Å². The maximum Gasteiger partial charge on any atom is 0.308 e. The highest BCUT2D eigenvalue weighted by Gasteiger charge is 2.41. The van der Waals surface area contributed by atoms with Crippen molar-refractivity contribution in [2.75, 3.05) is 13.1 Å². The number of likely N-dealkylation sites (tertiary alicyclic amines) is 1. The first-order chi connectivity index (χ1) is 9.20. The third-order valence-corrected chi connectivity index (χ3v) is 6.04.